The number of hydrogen-bond acceptors (Lipinski definition) is 3. The maximum Gasteiger partial charge on any atom is 0.167 e. The van der Waals surface area contributed by atoms with Crippen molar-refractivity contribution in [3.05, 3.63) is 11.6 Å². The van der Waals surface area contributed by atoms with Gasteiger partial charge in [0, 0.05) is 5.92 Å². The van der Waals surface area contributed by atoms with Crippen LogP contribution in [0.3, 0.4) is 0 Å². The summed E-state index contributed by atoms with van der Waals surface area (Å²) in [5, 5.41) is 7.10. The van der Waals surface area contributed by atoms with Crippen LogP contribution in [-0.2, 0) is 0 Å². The Balaban J connectivity index is 2.03. The first-order valence-electron chi connectivity index (χ1n) is 4.99. The smallest absolute Gasteiger partial charge is 0.167 e. The van der Waals surface area contributed by atoms with Crippen LogP contribution in [0.2, 0.25) is 0 Å². The first kappa shape index (κ1) is 8.69. The summed E-state index contributed by atoms with van der Waals surface area (Å²) < 4.78 is 0. The first-order valence-corrected chi connectivity index (χ1v) is 4.99. The predicted octanol–water partition coefficient (Wildman–Crippen LogP) is 1.48. The molecule has 1 aliphatic carbocycles. The number of H-pyrrole nitrogens is 1. The summed E-state index contributed by atoms with van der Waals surface area (Å²) >= 11 is 0. The highest BCUT2D eigenvalue weighted by Gasteiger charge is 2.27. The van der Waals surface area contributed by atoms with Crippen molar-refractivity contribution in [3.63, 3.8) is 0 Å². The van der Waals surface area contributed by atoms with Crippen molar-refractivity contribution in [1.82, 2.24) is 15.2 Å². The van der Waals surface area contributed by atoms with Crippen LogP contribution in [0.15, 0.2) is 0 Å². The zero-order chi connectivity index (χ0) is 9.26. The van der Waals surface area contributed by atoms with Gasteiger partial charge in [0.1, 0.15) is 5.82 Å². The van der Waals surface area contributed by atoms with E-state index in [1.165, 1.54) is 12.8 Å². The van der Waals surface area contributed by atoms with Crippen molar-refractivity contribution in [2.45, 2.75) is 44.6 Å². The lowest BCUT2D eigenvalue weighted by molar-refractivity contribution is 0.604. The molecule has 0 radical (unpaired) electrons. The fourth-order valence-corrected chi connectivity index (χ4v) is 1.43. The van der Waals surface area contributed by atoms with Crippen LogP contribution in [0.5, 0.6) is 0 Å². The maximum atomic E-state index is 5.89. The normalized spacial score (nSPS) is 18.9. The van der Waals surface area contributed by atoms with Gasteiger partial charge in [-0.3, -0.25) is 5.10 Å². The molecule has 1 aliphatic rings. The van der Waals surface area contributed by atoms with Crippen LogP contribution < -0.4 is 5.73 Å². The van der Waals surface area contributed by atoms with E-state index in [-0.39, 0.29) is 6.04 Å². The standard InChI is InChI=1S/C9H16N4/c1-2-3-7(10)9-11-8(12-13-9)6-4-5-6/h6-7H,2-5,10H2,1H3,(H,11,12,13)/t7-/m0/s1. The molecule has 0 bridgehead atoms. The van der Waals surface area contributed by atoms with Gasteiger partial charge >= 0.3 is 0 Å². The minimum Gasteiger partial charge on any atom is -0.321 e. The minimum absolute atomic E-state index is 0.00810. The van der Waals surface area contributed by atoms with Gasteiger partial charge in [0.05, 0.1) is 6.04 Å². The summed E-state index contributed by atoms with van der Waals surface area (Å²) in [7, 11) is 0. The molecule has 1 aromatic heterocycles. The summed E-state index contributed by atoms with van der Waals surface area (Å²) in [5.41, 5.74) is 5.89. The third-order valence-corrected chi connectivity index (χ3v) is 2.42. The molecular weight excluding hydrogens is 164 g/mol. The molecule has 4 nitrogen and oxygen atoms in total. The van der Waals surface area contributed by atoms with Gasteiger partial charge in [-0.15, -0.1) is 0 Å². The second kappa shape index (κ2) is 3.46. The van der Waals surface area contributed by atoms with Gasteiger partial charge in [-0.2, -0.15) is 5.10 Å². The van der Waals surface area contributed by atoms with Crippen molar-refractivity contribution >= 4 is 0 Å². The summed E-state index contributed by atoms with van der Waals surface area (Å²) in [6, 6.07) is 0.00810. The zero-order valence-corrected chi connectivity index (χ0v) is 7.95. The van der Waals surface area contributed by atoms with E-state index in [0.29, 0.717) is 5.92 Å². The van der Waals surface area contributed by atoms with Gasteiger partial charge in [0.15, 0.2) is 5.82 Å². The van der Waals surface area contributed by atoms with Gasteiger partial charge in [0.25, 0.3) is 0 Å². The van der Waals surface area contributed by atoms with Crippen molar-refractivity contribution in [2.24, 2.45) is 5.73 Å². The summed E-state index contributed by atoms with van der Waals surface area (Å²) in [5.74, 6) is 2.44. The van der Waals surface area contributed by atoms with E-state index < -0.39 is 0 Å². The van der Waals surface area contributed by atoms with E-state index in [9.17, 15) is 0 Å². The molecule has 2 rings (SSSR count). The highest BCUT2D eigenvalue weighted by molar-refractivity contribution is 5.06. The SMILES string of the molecule is CCC[C@H](N)c1n[nH]c(C2CC2)n1. The molecule has 1 aromatic rings. The molecule has 0 amide bonds. The highest BCUT2D eigenvalue weighted by Crippen LogP contribution is 2.38. The van der Waals surface area contributed by atoms with Crippen LogP contribution >= 0.6 is 0 Å². The van der Waals surface area contributed by atoms with E-state index in [4.69, 9.17) is 5.73 Å². The molecular formula is C9H16N4. The molecule has 0 spiro atoms. The van der Waals surface area contributed by atoms with E-state index in [0.717, 1.165) is 24.5 Å². The molecule has 1 atom stereocenters. The number of nitrogens with two attached hydrogens (primary N) is 1. The summed E-state index contributed by atoms with van der Waals surface area (Å²) in [4.78, 5) is 4.40. The fourth-order valence-electron chi connectivity index (χ4n) is 1.43. The molecule has 13 heavy (non-hydrogen) atoms. The summed E-state index contributed by atoms with van der Waals surface area (Å²) in [6.45, 7) is 2.12. The van der Waals surface area contributed by atoms with Gasteiger partial charge < -0.3 is 5.73 Å². The lowest BCUT2D eigenvalue weighted by atomic mass is 10.2. The van der Waals surface area contributed by atoms with Crippen LogP contribution in [0, 0.1) is 0 Å². The van der Waals surface area contributed by atoms with Crippen molar-refractivity contribution < 1.29 is 0 Å². The number of nitrogens with zero attached hydrogens (tertiary/aromatic N) is 2. The van der Waals surface area contributed by atoms with Crippen LogP contribution in [-0.4, -0.2) is 15.2 Å². The Morgan fingerprint density at radius 2 is 2.38 bits per heavy atom. The number of aromatic nitrogens is 3. The Morgan fingerprint density at radius 1 is 1.62 bits per heavy atom. The molecule has 4 heteroatoms. The number of aromatic amines is 1. The molecule has 0 unspecified atom stereocenters. The average Bonchev–Trinajstić information content (AvgIpc) is 2.84. The molecule has 1 saturated carbocycles. The predicted molar refractivity (Wildman–Crippen MR) is 50.2 cm³/mol. The van der Waals surface area contributed by atoms with E-state index in [1.54, 1.807) is 0 Å². The average molecular weight is 180 g/mol. The number of nitrogens with one attached hydrogen (secondary N) is 1. The fraction of sp³-hybridized carbons (Fsp3) is 0.778. The Hall–Kier alpha value is -0.900. The van der Waals surface area contributed by atoms with E-state index in [2.05, 4.69) is 22.1 Å². The molecule has 72 valence electrons. The minimum atomic E-state index is 0.00810. The topological polar surface area (TPSA) is 67.6 Å². The third-order valence-electron chi connectivity index (χ3n) is 2.42. The second-order valence-corrected chi connectivity index (χ2v) is 3.75. The monoisotopic (exact) mass is 180 g/mol. The van der Waals surface area contributed by atoms with Gasteiger partial charge in [-0.1, -0.05) is 13.3 Å². The number of rotatable bonds is 4. The van der Waals surface area contributed by atoms with E-state index in [1.807, 2.05) is 0 Å². The third kappa shape index (κ3) is 1.88. The Morgan fingerprint density at radius 3 is 3.00 bits per heavy atom. The molecule has 1 fully saturated rings. The first-order chi connectivity index (χ1) is 6.31. The van der Waals surface area contributed by atoms with Gasteiger partial charge in [-0.05, 0) is 19.3 Å². The van der Waals surface area contributed by atoms with Crippen LogP contribution in [0.4, 0.5) is 0 Å². The second-order valence-electron chi connectivity index (χ2n) is 3.75. The molecule has 0 aliphatic heterocycles. The summed E-state index contributed by atoms with van der Waals surface area (Å²) in [6.07, 6.45) is 4.53. The maximum absolute atomic E-state index is 5.89. The lowest BCUT2D eigenvalue weighted by Gasteiger charge is -2.03. The Kier molecular flexibility index (Phi) is 2.31. The Labute approximate surface area is 77.9 Å². The zero-order valence-electron chi connectivity index (χ0n) is 7.95. The molecule has 0 aromatic carbocycles. The molecule has 0 saturated heterocycles. The Bertz CT molecular complexity index is 277. The van der Waals surface area contributed by atoms with Crippen molar-refractivity contribution in [1.29, 1.82) is 0 Å². The van der Waals surface area contributed by atoms with Crippen molar-refractivity contribution in [3.8, 4) is 0 Å². The lowest BCUT2D eigenvalue weighted by Crippen LogP contribution is -2.11. The van der Waals surface area contributed by atoms with Crippen LogP contribution in [0.25, 0.3) is 0 Å². The quantitative estimate of drug-likeness (QED) is 0.737. The molecule has 1 heterocycles. The van der Waals surface area contributed by atoms with Crippen molar-refractivity contribution in [2.75, 3.05) is 0 Å². The van der Waals surface area contributed by atoms with Gasteiger partial charge in [0.2, 0.25) is 0 Å². The highest BCUT2D eigenvalue weighted by atomic mass is 15.2. The molecule has 3 N–H and O–H groups in total. The largest absolute Gasteiger partial charge is 0.321 e. The van der Waals surface area contributed by atoms with Crippen LogP contribution in [0.1, 0.15) is 56.2 Å². The van der Waals surface area contributed by atoms with Gasteiger partial charge in [-0.25, -0.2) is 4.98 Å². The van der Waals surface area contributed by atoms with E-state index >= 15 is 0 Å². The number of hydrogen-bond donors (Lipinski definition) is 2.